The van der Waals surface area contributed by atoms with Gasteiger partial charge in [-0.15, -0.1) is 6.58 Å². The van der Waals surface area contributed by atoms with Crippen molar-refractivity contribution in [2.45, 2.75) is 0 Å². The van der Waals surface area contributed by atoms with Crippen molar-refractivity contribution >= 4 is 0 Å². The minimum atomic E-state index is 0. The van der Waals surface area contributed by atoms with E-state index in [-0.39, 0.29) is 12.4 Å². The van der Waals surface area contributed by atoms with E-state index in [0.717, 1.165) is 24.1 Å². The van der Waals surface area contributed by atoms with Crippen LogP contribution >= 0.6 is 0 Å². The summed E-state index contributed by atoms with van der Waals surface area (Å²) in [6.45, 7) is 6.77. The molecule has 0 aromatic rings. The van der Waals surface area contributed by atoms with E-state index in [1.54, 1.807) is 0 Å². The number of quaternary nitrogens is 1. The van der Waals surface area contributed by atoms with E-state index in [1.807, 2.05) is 6.08 Å². The van der Waals surface area contributed by atoms with Gasteiger partial charge in [0, 0.05) is 13.1 Å². The summed E-state index contributed by atoms with van der Waals surface area (Å²) >= 11 is 0. The summed E-state index contributed by atoms with van der Waals surface area (Å²) in [6.07, 6.45) is 1.88. The van der Waals surface area contributed by atoms with Gasteiger partial charge >= 0.3 is 0 Å². The highest BCUT2D eigenvalue weighted by molar-refractivity contribution is 4.68. The molecule has 0 amide bonds. The molecule has 0 aliphatic rings. The number of nitrogens with zero attached hydrogens (tertiary/aromatic N) is 1. The molecule has 0 aromatic heterocycles. The zero-order valence-electron chi connectivity index (χ0n) is 7.73. The van der Waals surface area contributed by atoms with E-state index in [1.165, 1.54) is 0 Å². The van der Waals surface area contributed by atoms with E-state index in [0.29, 0.717) is 0 Å². The van der Waals surface area contributed by atoms with E-state index in [2.05, 4.69) is 33.0 Å². The first kappa shape index (κ1) is 13.5. The van der Waals surface area contributed by atoms with Gasteiger partial charge in [0.15, 0.2) is 0 Å². The Morgan fingerprint density at radius 3 is 2.27 bits per heavy atom. The van der Waals surface area contributed by atoms with Crippen LogP contribution in [0.4, 0.5) is 0 Å². The summed E-state index contributed by atoms with van der Waals surface area (Å²) in [5.74, 6) is 0. The monoisotopic (exact) mass is 178 g/mol. The Labute approximate surface area is 76.3 Å². The van der Waals surface area contributed by atoms with Crippen LogP contribution in [0.2, 0.25) is 0 Å². The van der Waals surface area contributed by atoms with Crippen molar-refractivity contribution in [2.75, 3.05) is 40.8 Å². The Bertz CT molecular complexity index is 96.8. The van der Waals surface area contributed by atoms with Crippen LogP contribution in [0.1, 0.15) is 0 Å². The lowest BCUT2D eigenvalue weighted by Crippen LogP contribution is -3.00. The molecule has 0 atom stereocenters. The number of nitrogens with one attached hydrogen (secondary N) is 1. The van der Waals surface area contributed by atoms with Crippen LogP contribution in [0.5, 0.6) is 0 Å². The van der Waals surface area contributed by atoms with Crippen molar-refractivity contribution in [3.05, 3.63) is 12.7 Å². The fraction of sp³-hybridized carbons (Fsp3) is 0.750. The van der Waals surface area contributed by atoms with E-state index in [9.17, 15) is 0 Å². The van der Waals surface area contributed by atoms with Gasteiger partial charge in [-0.2, -0.15) is 0 Å². The Hall–Kier alpha value is -0.0500. The second kappa shape index (κ2) is 6.65. The third-order valence-electron chi connectivity index (χ3n) is 1.25. The van der Waals surface area contributed by atoms with Crippen LogP contribution in [0.3, 0.4) is 0 Å². The van der Waals surface area contributed by atoms with Gasteiger partial charge in [-0.05, 0) is 0 Å². The van der Waals surface area contributed by atoms with Gasteiger partial charge in [0.2, 0.25) is 0 Å². The summed E-state index contributed by atoms with van der Waals surface area (Å²) in [6, 6.07) is 0. The molecule has 0 radical (unpaired) electrons. The van der Waals surface area contributed by atoms with Crippen LogP contribution in [-0.2, 0) is 0 Å². The summed E-state index contributed by atoms with van der Waals surface area (Å²) in [4.78, 5) is 0. The quantitative estimate of drug-likeness (QED) is 0.278. The van der Waals surface area contributed by atoms with Crippen molar-refractivity contribution in [1.29, 1.82) is 0 Å². The standard InChI is InChI=1S/C8H19N2.ClH/c1-5-6-9-7-8-10(2,3)4;/h5,9H,1,6-8H2,2-4H3;1H/q+1;/p-1. The van der Waals surface area contributed by atoms with Gasteiger partial charge < -0.3 is 22.2 Å². The molecule has 0 aliphatic carbocycles. The molecule has 0 aliphatic heterocycles. The van der Waals surface area contributed by atoms with Crippen LogP contribution in [-0.4, -0.2) is 45.3 Å². The largest absolute Gasteiger partial charge is 1.00 e. The number of halogens is 1. The summed E-state index contributed by atoms with van der Waals surface area (Å²) in [5, 5.41) is 3.26. The zero-order chi connectivity index (χ0) is 8.04. The number of rotatable bonds is 5. The fourth-order valence-electron chi connectivity index (χ4n) is 0.619. The molecule has 0 spiro atoms. The third kappa shape index (κ3) is 13.0. The van der Waals surface area contributed by atoms with Gasteiger partial charge in [-0.3, -0.25) is 0 Å². The SMILES string of the molecule is C=CCNCC[N+](C)(C)C.[Cl-]. The second-order valence-corrected chi connectivity index (χ2v) is 3.51. The van der Waals surface area contributed by atoms with E-state index in [4.69, 9.17) is 0 Å². The lowest BCUT2D eigenvalue weighted by molar-refractivity contribution is -0.869. The van der Waals surface area contributed by atoms with Crippen molar-refractivity contribution in [3.8, 4) is 0 Å². The Morgan fingerprint density at radius 2 is 1.91 bits per heavy atom. The van der Waals surface area contributed by atoms with Crippen molar-refractivity contribution in [3.63, 3.8) is 0 Å². The highest BCUT2D eigenvalue weighted by Gasteiger charge is 2.03. The molecule has 1 N–H and O–H groups in total. The first-order valence-electron chi connectivity index (χ1n) is 3.68. The molecule has 2 nitrogen and oxygen atoms in total. The first-order chi connectivity index (χ1) is 4.56. The average Bonchev–Trinajstić information content (AvgIpc) is 1.78. The normalized spacial score (nSPS) is 10.5. The second-order valence-electron chi connectivity index (χ2n) is 3.51. The smallest absolute Gasteiger partial charge is 0.0907 e. The highest BCUT2D eigenvalue weighted by Crippen LogP contribution is 1.85. The maximum Gasteiger partial charge on any atom is 0.0907 e. The summed E-state index contributed by atoms with van der Waals surface area (Å²) in [7, 11) is 6.57. The first-order valence-corrected chi connectivity index (χ1v) is 3.68. The van der Waals surface area contributed by atoms with Crippen LogP contribution in [0, 0.1) is 0 Å². The molecule has 0 saturated carbocycles. The van der Waals surface area contributed by atoms with Crippen molar-refractivity contribution < 1.29 is 16.9 Å². The molecule has 0 aromatic carbocycles. The highest BCUT2D eigenvalue weighted by atomic mass is 35.5. The number of likely N-dealkylation sites (N-methyl/N-ethyl adjacent to an activating group) is 1. The van der Waals surface area contributed by atoms with Gasteiger partial charge in [-0.1, -0.05) is 6.08 Å². The third-order valence-corrected chi connectivity index (χ3v) is 1.25. The zero-order valence-corrected chi connectivity index (χ0v) is 8.49. The number of hydrogen-bond donors (Lipinski definition) is 1. The maximum atomic E-state index is 3.63. The molecule has 0 heterocycles. The van der Waals surface area contributed by atoms with Gasteiger partial charge in [-0.25, -0.2) is 0 Å². The summed E-state index contributed by atoms with van der Waals surface area (Å²) in [5.41, 5.74) is 0. The molecule has 68 valence electrons. The fourth-order valence-corrected chi connectivity index (χ4v) is 0.619. The van der Waals surface area contributed by atoms with Gasteiger partial charge in [0.25, 0.3) is 0 Å². The molecular weight excluding hydrogens is 160 g/mol. The molecular formula is C8H19ClN2. The van der Waals surface area contributed by atoms with Crippen LogP contribution < -0.4 is 17.7 Å². The average molecular weight is 179 g/mol. The Morgan fingerprint density at radius 1 is 1.36 bits per heavy atom. The van der Waals surface area contributed by atoms with Crippen molar-refractivity contribution in [1.82, 2.24) is 5.32 Å². The molecule has 3 heteroatoms. The molecule has 0 fully saturated rings. The molecule has 0 rings (SSSR count). The minimum Gasteiger partial charge on any atom is -1.00 e. The predicted molar refractivity (Wildman–Crippen MR) is 46.0 cm³/mol. The topological polar surface area (TPSA) is 12.0 Å². The summed E-state index contributed by atoms with van der Waals surface area (Å²) < 4.78 is 1.02. The van der Waals surface area contributed by atoms with Crippen LogP contribution in [0.15, 0.2) is 12.7 Å². The Balaban J connectivity index is 0. The van der Waals surface area contributed by atoms with E-state index < -0.39 is 0 Å². The van der Waals surface area contributed by atoms with Crippen molar-refractivity contribution in [2.24, 2.45) is 0 Å². The molecule has 0 bridgehead atoms. The molecule has 0 unspecified atom stereocenters. The lowest BCUT2D eigenvalue weighted by Gasteiger charge is -2.23. The maximum absolute atomic E-state index is 3.63. The van der Waals surface area contributed by atoms with Gasteiger partial charge in [0.1, 0.15) is 0 Å². The molecule has 11 heavy (non-hydrogen) atoms. The van der Waals surface area contributed by atoms with Crippen LogP contribution in [0.25, 0.3) is 0 Å². The Kier molecular flexibility index (Phi) is 8.18. The molecule has 0 saturated heterocycles. The minimum absolute atomic E-state index is 0. The lowest BCUT2D eigenvalue weighted by atomic mass is 10.5. The van der Waals surface area contributed by atoms with Gasteiger partial charge in [0.05, 0.1) is 27.7 Å². The van der Waals surface area contributed by atoms with E-state index >= 15 is 0 Å². The number of hydrogen-bond acceptors (Lipinski definition) is 1. The predicted octanol–water partition coefficient (Wildman–Crippen LogP) is -2.53.